The van der Waals surface area contributed by atoms with Crippen LogP contribution < -0.4 is 10.1 Å². The van der Waals surface area contributed by atoms with Gasteiger partial charge >= 0.3 is 0 Å². The Bertz CT molecular complexity index is 917. The number of amides is 2. The summed E-state index contributed by atoms with van der Waals surface area (Å²) >= 11 is 3.43. The van der Waals surface area contributed by atoms with Crippen molar-refractivity contribution in [3.63, 3.8) is 0 Å². The van der Waals surface area contributed by atoms with Crippen molar-refractivity contribution in [2.45, 2.75) is 64.3 Å². The summed E-state index contributed by atoms with van der Waals surface area (Å²) in [6, 6.07) is 14.8. The monoisotopic (exact) mass is 498 g/mol. The van der Waals surface area contributed by atoms with Crippen LogP contribution >= 0.6 is 15.9 Å². The van der Waals surface area contributed by atoms with Gasteiger partial charge in [-0.25, -0.2) is 4.99 Å². The van der Waals surface area contributed by atoms with Gasteiger partial charge in [0.2, 0.25) is 0 Å². The van der Waals surface area contributed by atoms with E-state index < -0.39 is 5.91 Å². The number of hydrogen-bond donors (Lipinski definition) is 1. The highest BCUT2D eigenvalue weighted by Crippen LogP contribution is 2.18. The lowest BCUT2D eigenvalue weighted by atomic mass is 9.95. The van der Waals surface area contributed by atoms with Crippen molar-refractivity contribution < 1.29 is 14.3 Å². The molecule has 0 spiro atoms. The first-order valence-corrected chi connectivity index (χ1v) is 12.2. The molecule has 0 radical (unpaired) electrons. The van der Waals surface area contributed by atoms with Crippen LogP contribution in [0, 0.1) is 0 Å². The van der Waals surface area contributed by atoms with Crippen molar-refractivity contribution in [2.24, 2.45) is 4.99 Å². The Morgan fingerprint density at radius 1 is 1.03 bits per heavy atom. The van der Waals surface area contributed by atoms with Crippen LogP contribution in [0.1, 0.15) is 67.8 Å². The van der Waals surface area contributed by atoms with Crippen LogP contribution in [0.4, 0.5) is 0 Å². The topological polar surface area (TPSA) is 67.8 Å². The molecule has 0 unspecified atom stereocenters. The zero-order valence-electron chi connectivity index (χ0n) is 18.6. The molecule has 1 aliphatic carbocycles. The van der Waals surface area contributed by atoms with E-state index in [2.05, 4.69) is 33.2 Å². The van der Waals surface area contributed by atoms with Gasteiger partial charge in [-0.2, -0.15) is 0 Å². The fraction of sp³-hybridized carbons (Fsp3) is 0.423. The lowest BCUT2D eigenvalue weighted by molar-refractivity contribution is -0.115. The Morgan fingerprint density at radius 3 is 2.38 bits per heavy atom. The van der Waals surface area contributed by atoms with Crippen LogP contribution in [-0.2, 0) is 11.2 Å². The zero-order chi connectivity index (χ0) is 22.8. The summed E-state index contributed by atoms with van der Waals surface area (Å²) in [5, 5.41) is 3.09. The summed E-state index contributed by atoms with van der Waals surface area (Å²) in [7, 11) is 0. The molecular weight excluding hydrogens is 468 g/mol. The molecule has 6 heteroatoms. The Balaban J connectivity index is 1.75. The first-order valence-electron chi connectivity index (χ1n) is 11.4. The third-order valence-electron chi connectivity index (χ3n) is 5.59. The van der Waals surface area contributed by atoms with Crippen LogP contribution in [0.5, 0.6) is 5.75 Å². The molecule has 0 saturated heterocycles. The van der Waals surface area contributed by atoms with E-state index in [1.165, 1.54) is 6.42 Å². The zero-order valence-corrected chi connectivity index (χ0v) is 20.2. The standard InChI is InChI=1S/C26H31BrN2O3/c1-2-3-17-32-23-15-11-20(12-16-23)25(30)29-24(18-19-9-13-21(27)14-10-19)26(31)28-22-7-5-4-6-8-22/h9-16,22H,2-8,17-18H2,1H3,(H,28,31). The Hall–Kier alpha value is -2.47. The number of nitrogens with zero attached hydrogens (tertiary/aromatic N) is 1. The normalized spacial score (nSPS) is 14.8. The number of carbonyl (C=O) groups is 2. The van der Waals surface area contributed by atoms with Gasteiger partial charge in [0.15, 0.2) is 0 Å². The van der Waals surface area contributed by atoms with Gasteiger partial charge in [-0.3, -0.25) is 9.59 Å². The summed E-state index contributed by atoms with van der Waals surface area (Å²) in [4.78, 5) is 30.1. The van der Waals surface area contributed by atoms with Crippen molar-refractivity contribution in [1.82, 2.24) is 5.32 Å². The second-order valence-corrected chi connectivity index (χ2v) is 9.12. The largest absolute Gasteiger partial charge is 0.494 e. The average Bonchev–Trinajstić information content (AvgIpc) is 2.81. The van der Waals surface area contributed by atoms with E-state index in [-0.39, 0.29) is 17.7 Å². The number of carbonyl (C=O) groups excluding carboxylic acids is 2. The van der Waals surface area contributed by atoms with Gasteiger partial charge in [0.25, 0.3) is 11.8 Å². The molecule has 3 rings (SSSR count). The molecule has 0 bridgehead atoms. The molecule has 1 fully saturated rings. The van der Waals surface area contributed by atoms with Gasteiger partial charge in [0.05, 0.1) is 6.61 Å². The van der Waals surface area contributed by atoms with Gasteiger partial charge < -0.3 is 10.1 Å². The quantitative estimate of drug-likeness (QED) is 0.345. The number of ether oxygens (including phenoxy) is 1. The molecule has 2 aromatic carbocycles. The van der Waals surface area contributed by atoms with Crippen LogP contribution in [0.3, 0.4) is 0 Å². The molecule has 2 aromatic rings. The summed E-state index contributed by atoms with van der Waals surface area (Å²) in [5.41, 5.74) is 1.61. The minimum atomic E-state index is -0.420. The number of hydrogen-bond acceptors (Lipinski definition) is 3. The molecule has 32 heavy (non-hydrogen) atoms. The lowest BCUT2D eigenvalue weighted by Gasteiger charge is -2.23. The number of benzene rings is 2. The van der Waals surface area contributed by atoms with Gasteiger partial charge in [-0.1, -0.05) is 60.7 Å². The molecular formula is C26H31BrN2O3. The number of rotatable bonds is 9. The maximum absolute atomic E-state index is 13.0. The summed E-state index contributed by atoms with van der Waals surface area (Å²) in [6.45, 7) is 2.76. The predicted molar refractivity (Wildman–Crippen MR) is 131 cm³/mol. The van der Waals surface area contributed by atoms with E-state index in [1.54, 1.807) is 24.3 Å². The third kappa shape index (κ3) is 7.59. The summed E-state index contributed by atoms with van der Waals surface area (Å²) < 4.78 is 6.62. The molecule has 1 saturated carbocycles. The minimum Gasteiger partial charge on any atom is -0.494 e. The van der Waals surface area contributed by atoms with Crippen LogP contribution in [0.15, 0.2) is 58.0 Å². The van der Waals surface area contributed by atoms with Crippen LogP contribution in [0.25, 0.3) is 0 Å². The third-order valence-corrected chi connectivity index (χ3v) is 6.12. The van der Waals surface area contributed by atoms with Crippen molar-refractivity contribution in [3.8, 4) is 5.75 Å². The number of halogens is 1. The fourth-order valence-electron chi connectivity index (χ4n) is 3.70. The van der Waals surface area contributed by atoms with Gasteiger partial charge in [0.1, 0.15) is 11.5 Å². The highest BCUT2D eigenvalue weighted by Gasteiger charge is 2.21. The Labute approximate surface area is 198 Å². The van der Waals surface area contributed by atoms with E-state index >= 15 is 0 Å². The summed E-state index contributed by atoms with van der Waals surface area (Å²) in [5.74, 6) is 0.0489. The van der Waals surface area contributed by atoms with E-state index in [0.717, 1.165) is 54.3 Å². The number of unbranched alkanes of at least 4 members (excludes halogenated alkanes) is 1. The highest BCUT2D eigenvalue weighted by molar-refractivity contribution is 9.10. The molecule has 2 amide bonds. The van der Waals surface area contributed by atoms with Gasteiger partial charge in [-0.15, -0.1) is 0 Å². The molecule has 1 N–H and O–H groups in total. The molecule has 0 heterocycles. The number of aliphatic imine (C=N–C) groups is 1. The smallest absolute Gasteiger partial charge is 0.277 e. The average molecular weight is 499 g/mol. The Kier molecular flexibility index (Phi) is 9.47. The minimum absolute atomic E-state index is 0.154. The van der Waals surface area contributed by atoms with Crippen molar-refractivity contribution in [1.29, 1.82) is 0 Å². The first kappa shape index (κ1) is 24.2. The molecule has 5 nitrogen and oxygen atoms in total. The Morgan fingerprint density at radius 2 is 1.72 bits per heavy atom. The predicted octanol–water partition coefficient (Wildman–Crippen LogP) is 5.90. The van der Waals surface area contributed by atoms with Crippen LogP contribution in [-0.4, -0.2) is 30.2 Å². The maximum atomic E-state index is 13.0. The van der Waals surface area contributed by atoms with E-state index in [1.807, 2.05) is 24.3 Å². The second-order valence-electron chi connectivity index (χ2n) is 8.20. The molecule has 1 aliphatic rings. The van der Waals surface area contributed by atoms with Crippen molar-refractivity contribution in [2.75, 3.05) is 6.61 Å². The highest BCUT2D eigenvalue weighted by atomic mass is 79.9. The lowest BCUT2D eigenvalue weighted by Crippen LogP contribution is -2.41. The molecule has 0 aromatic heterocycles. The van der Waals surface area contributed by atoms with E-state index in [9.17, 15) is 9.59 Å². The molecule has 0 atom stereocenters. The van der Waals surface area contributed by atoms with E-state index in [4.69, 9.17) is 4.74 Å². The van der Waals surface area contributed by atoms with Crippen molar-refractivity contribution >= 4 is 33.5 Å². The van der Waals surface area contributed by atoms with Crippen LogP contribution in [0.2, 0.25) is 0 Å². The van der Waals surface area contributed by atoms with Gasteiger partial charge in [-0.05, 0) is 61.2 Å². The van der Waals surface area contributed by atoms with Crippen molar-refractivity contribution in [3.05, 3.63) is 64.1 Å². The first-order chi connectivity index (χ1) is 15.5. The maximum Gasteiger partial charge on any atom is 0.277 e. The number of nitrogens with one attached hydrogen (secondary N) is 1. The summed E-state index contributed by atoms with van der Waals surface area (Å²) in [6.07, 6.45) is 7.76. The van der Waals surface area contributed by atoms with E-state index in [0.29, 0.717) is 18.6 Å². The fourth-order valence-corrected chi connectivity index (χ4v) is 3.96. The van der Waals surface area contributed by atoms with Gasteiger partial charge in [0, 0.05) is 22.5 Å². The molecule has 170 valence electrons. The SMILES string of the molecule is CCCCOc1ccc(C(=O)N=C(Cc2ccc(Br)cc2)C(=O)NC2CCCCC2)cc1. The second kappa shape index (κ2) is 12.5. The molecule has 0 aliphatic heterocycles.